The molecule has 0 unspecified atom stereocenters. The van der Waals surface area contributed by atoms with Gasteiger partial charge >= 0.3 is 0 Å². The molecule has 0 heterocycles. The van der Waals surface area contributed by atoms with E-state index in [9.17, 15) is 19.2 Å². The minimum Gasteiger partial charge on any atom is -0.291 e. The molecule has 0 aromatic rings. The lowest BCUT2D eigenvalue weighted by atomic mass is 10.1. The summed E-state index contributed by atoms with van der Waals surface area (Å²) >= 11 is 0. The molecule has 0 N–H and O–H groups in total. The molecule has 0 aliphatic rings. The highest BCUT2D eigenvalue weighted by atomic mass is 16.2. The molecule has 0 amide bonds. The van der Waals surface area contributed by atoms with Crippen molar-refractivity contribution in [1.82, 2.24) is 0 Å². The Balaban J connectivity index is 3.69. The van der Waals surface area contributed by atoms with Crippen LogP contribution in [0.4, 0.5) is 0 Å². The van der Waals surface area contributed by atoms with Crippen LogP contribution in [0.5, 0.6) is 0 Å². The molecule has 4 nitrogen and oxygen atoms in total. The summed E-state index contributed by atoms with van der Waals surface area (Å²) in [6, 6.07) is 0. The molecule has 0 atom stereocenters. The molecule has 4 heteroatoms. The van der Waals surface area contributed by atoms with E-state index in [-0.39, 0.29) is 19.3 Å². The van der Waals surface area contributed by atoms with E-state index in [1.807, 2.05) is 0 Å². The molecule has 0 spiro atoms. The minimum atomic E-state index is -0.504. The summed E-state index contributed by atoms with van der Waals surface area (Å²) in [4.78, 5) is 42.4. The van der Waals surface area contributed by atoms with E-state index < -0.39 is 23.1 Å². The average molecular weight is 184 g/mol. The summed E-state index contributed by atoms with van der Waals surface area (Å²) < 4.78 is 0. The number of carbonyl (C=O) groups excluding carboxylic acids is 4. The smallest absolute Gasteiger partial charge is 0.198 e. The summed E-state index contributed by atoms with van der Waals surface area (Å²) in [6.45, 7) is 2.38. The third kappa shape index (κ3) is 5.00. The van der Waals surface area contributed by atoms with Crippen molar-refractivity contribution in [3.8, 4) is 0 Å². The van der Waals surface area contributed by atoms with Gasteiger partial charge in [-0.05, 0) is 6.42 Å². The maximum Gasteiger partial charge on any atom is 0.198 e. The molecule has 0 rings (SSSR count). The van der Waals surface area contributed by atoms with Gasteiger partial charge in [-0.25, -0.2) is 0 Å². The van der Waals surface area contributed by atoms with E-state index in [0.29, 0.717) is 0 Å². The summed E-state index contributed by atoms with van der Waals surface area (Å²) in [7, 11) is 0. The van der Waals surface area contributed by atoms with Gasteiger partial charge in [0, 0.05) is 26.7 Å². The Labute approximate surface area is 76.3 Å². The zero-order valence-corrected chi connectivity index (χ0v) is 7.75. The molecule has 0 aliphatic heterocycles. The van der Waals surface area contributed by atoms with Crippen LogP contribution in [0.25, 0.3) is 0 Å². The van der Waals surface area contributed by atoms with Crippen molar-refractivity contribution in [2.45, 2.75) is 33.1 Å². The average Bonchev–Trinajstić information content (AvgIpc) is 2.03. The first kappa shape index (κ1) is 11.7. The summed E-state index contributed by atoms with van der Waals surface area (Å²) in [5.74, 6) is -1.99. The quantitative estimate of drug-likeness (QED) is 0.563. The molecular weight excluding hydrogens is 172 g/mol. The van der Waals surface area contributed by atoms with Gasteiger partial charge in [0.2, 0.25) is 0 Å². The molecule has 0 radical (unpaired) electrons. The van der Waals surface area contributed by atoms with Crippen molar-refractivity contribution in [3.63, 3.8) is 0 Å². The van der Waals surface area contributed by atoms with Crippen molar-refractivity contribution >= 4 is 23.1 Å². The minimum absolute atomic E-state index is 0.0500. The Morgan fingerprint density at radius 1 is 0.769 bits per heavy atom. The first-order chi connectivity index (χ1) is 5.95. The zero-order chi connectivity index (χ0) is 10.4. The fraction of sp³-hybridized carbons (Fsp3) is 0.556. The predicted octanol–water partition coefficient (Wildman–Crippen LogP) is 0.473. The molecule has 0 aromatic carbocycles. The number of ketones is 4. The summed E-state index contributed by atoms with van der Waals surface area (Å²) in [5.41, 5.74) is 0. The monoisotopic (exact) mass is 184 g/mol. The van der Waals surface area contributed by atoms with Gasteiger partial charge in [0.1, 0.15) is 0 Å². The van der Waals surface area contributed by atoms with Crippen molar-refractivity contribution in [2.75, 3.05) is 0 Å². The fourth-order valence-electron chi connectivity index (χ4n) is 0.762. The normalized spacial score (nSPS) is 9.38. The Morgan fingerprint density at radius 2 is 1.08 bits per heavy atom. The lowest BCUT2D eigenvalue weighted by Gasteiger charge is -1.95. The molecule has 0 aliphatic carbocycles. The molecule has 0 saturated carbocycles. The van der Waals surface area contributed by atoms with E-state index in [2.05, 4.69) is 0 Å². The highest BCUT2D eigenvalue weighted by Gasteiger charge is 2.11. The Hall–Kier alpha value is -1.32. The van der Waals surface area contributed by atoms with Crippen LogP contribution in [0.2, 0.25) is 0 Å². The van der Waals surface area contributed by atoms with Crippen molar-refractivity contribution < 1.29 is 19.2 Å². The van der Waals surface area contributed by atoms with Gasteiger partial charge < -0.3 is 0 Å². The lowest BCUT2D eigenvalue weighted by Crippen LogP contribution is -2.12. The first-order valence-corrected chi connectivity index (χ1v) is 4.02. The lowest BCUT2D eigenvalue weighted by molar-refractivity contribution is -0.136. The SMILES string of the molecule is CC(=O)C(=O)CCCC(=O)C(C)=O. The van der Waals surface area contributed by atoms with Crippen LogP contribution in [-0.2, 0) is 19.2 Å². The number of rotatable bonds is 6. The molecule has 13 heavy (non-hydrogen) atoms. The van der Waals surface area contributed by atoms with Gasteiger partial charge in [-0.2, -0.15) is 0 Å². The molecular formula is C9H12O4. The highest BCUT2D eigenvalue weighted by Crippen LogP contribution is 1.98. The standard InChI is InChI=1S/C9H12O4/c1-6(10)8(12)4-3-5-9(13)7(2)11/h3-5H2,1-2H3. The Kier molecular flexibility index (Phi) is 4.80. The largest absolute Gasteiger partial charge is 0.291 e. The van der Waals surface area contributed by atoms with Gasteiger partial charge in [0.25, 0.3) is 0 Å². The zero-order valence-electron chi connectivity index (χ0n) is 7.75. The first-order valence-electron chi connectivity index (χ1n) is 4.02. The van der Waals surface area contributed by atoms with Crippen molar-refractivity contribution in [3.05, 3.63) is 0 Å². The van der Waals surface area contributed by atoms with E-state index in [1.165, 1.54) is 13.8 Å². The van der Waals surface area contributed by atoms with Crippen LogP contribution >= 0.6 is 0 Å². The third-order valence-corrected chi connectivity index (χ3v) is 1.59. The number of hydrogen-bond donors (Lipinski definition) is 0. The van der Waals surface area contributed by atoms with Crippen molar-refractivity contribution in [1.29, 1.82) is 0 Å². The second-order valence-electron chi connectivity index (χ2n) is 2.81. The Bertz CT molecular complexity index is 226. The van der Waals surface area contributed by atoms with E-state index in [0.717, 1.165) is 0 Å². The van der Waals surface area contributed by atoms with Crippen LogP contribution in [-0.4, -0.2) is 23.1 Å². The molecule has 0 fully saturated rings. The highest BCUT2D eigenvalue weighted by molar-refractivity contribution is 6.37. The maximum atomic E-state index is 10.7. The van der Waals surface area contributed by atoms with Crippen LogP contribution < -0.4 is 0 Å². The number of Topliss-reactive ketones (excluding diaryl/α,β-unsaturated/α-hetero) is 4. The van der Waals surface area contributed by atoms with Crippen molar-refractivity contribution in [2.24, 2.45) is 0 Å². The van der Waals surface area contributed by atoms with Crippen LogP contribution in [0.15, 0.2) is 0 Å². The van der Waals surface area contributed by atoms with Crippen LogP contribution in [0, 0.1) is 0 Å². The van der Waals surface area contributed by atoms with Crippen LogP contribution in [0.3, 0.4) is 0 Å². The number of carbonyl (C=O) groups is 4. The van der Waals surface area contributed by atoms with Gasteiger partial charge in [-0.15, -0.1) is 0 Å². The predicted molar refractivity (Wildman–Crippen MR) is 45.2 cm³/mol. The number of hydrogen-bond acceptors (Lipinski definition) is 4. The van der Waals surface area contributed by atoms with Gasteiger partial charge in [0.05, 0.1) is 0 Å². The fourth-order valence-corrected chi connectivity index (χ4v) is 0.762. The van der Waals surface area contributed by atoms with E-state index in [1.54, 1.807) is 0 Å². The topological polar surface area (TPSA) is 68.3 Å². The second kappa shape index (κ2) is 5.35. The summed E-state index contributed by atoms with van der Waals surface area (Å²) in [5, 5.41) is 0. The van der Waals surface area contributed by atoms with Gasteiger partial charge in [-0.3, -0.25) is 19.2 Å². The maximum absolute atomic E-state index is 10.7. The van der Waals surface area contributed by atoms with Crippen LogP contribution in [0.1, 0.15) is 33.1 Å². The molecule has 72 valence electrons. The van der Waals surface area contributed by atoms with Gasteiger partial charge in [-0.1, -0.05) is 0 Å². The molecule has 0 bridgehead atoms. The van der Waals surface area contributed by atoms with E-state index >= 15 is 0 Å². The van der Waals surface area contributed by atoms with E-state index in [4.69, 9.17) is 0 Å². The molecule has 0 saturated heterocycles. The molecule has 0 aromatic heterocycles. The Morgan fingerprint density at radius 3 is 1.31 bits per heavy atom. The van der Waals surface area contributed by atoms with Gasteiger partial charge in [0.15, 0.2) is 23.1 Å². The second-order valence-corrected chi connectivity index (χ2v) is 2.81. The summed E-state index contributed by atoms with van der Waals surface area (Å²) in [6.07, 6.45) is 0.375. The third-order valence-electron chi connectivity index (χ3n) is 1.59.